The number of methoxy groups -OCH3 is 1. The summed E-state index contributed by atoms with van der Waals surface area (Å²) in [5, 5.41) is 0. The normalized spacial score (nSPS) is 12.2. The molecule has 2 nitrogen and oxygen atoms in total. The molecule has 2 N–H and O–H groups in total. The zero-order chi connectivity index (χ0) is 15.2. The molecule has 21 heavy (non-hydrogen) atoms. The Hall–Kier alpha value is -1.59. The van der Waals surface area contributed by atoms with Crippen molar-refractivity contribution in [3.63, 3.8) is 0 Å². The topological polar surface area (TPSA) is 35.2 Å². The molecule has 0 heterocycles. The van der Waals surface area contributed by atoms with Crippen molar-refractivity contribution < 1.29 is 13.5 Å². The van der Waals surface area contributed by atoms with Crippen LogP contribution in [0.15, 0.2) is 47.4 Å². The minimum absolute atomic E-state index is 0.193. The van der Waals surface area contributed by atoms with Gasteiger partial charge in [-0.3, -0.25) is 0 Å². The van der Waals surface area contributed by atoms with Crippen molar-refractivity contribution in [2.75, 3.05) is 12.9 Å². The van der Waals surface area contributed by atoms with Gasteiger partial charge in [0.05, 0.1) is 7.11 Å². The first-order chi connectivity index (χ1) is 10.1. The molecule has 0 saturated carbocycles. The third-order valence-corrected chi connectivity index (χ3v) is 4.22. The quantitative estimate of drug-likeness (QED) is 0.828. The Labute approximate surface area is 127 Å². The first-order valence-corrected chi connectivity index (χ1v) is 7.54. The number of thioether (sulfide) groups is 1. The van der Waals surface area contributed by atoms with Crippen molar-refractivity contribution in [3.05, 3.63) is 59.7 Å². The highest BCUT2D eigenvalue weighted by atomic mass is 32.2. The summed E-state index contributed by atoms with van der Waals surface area (Å²) in [5.41, 5.74) is 6.58. The zero-order valence-corrected chi connectivity index (χ0v) is 12.5. The maximum Gasteiger partial charge on any atom is 0.168 e. The first-order valence-electron chi connectivity index (χ1n) is 6.55. The van der Waals surface area contributed by atoms with Crippen LogP contribution < -0.4 is 10.5 Å². The molecule has 0 aliphatic carbocycles. The van der Waals surface area contributed by atoms with E-state index < -0.39 is 0 Å². The molecule has 0 spiro atoms. The lowest BCUT2D eigenvalue weighted by molar-refractivity contribution is 0.383. The minimum atomic E-state index is -0.359. The molecule has 112 valence electrons. The van der Waals surface area contributed by atoms with E-state index in [-0.39, 0.29) is 23.4 Å². The van der Waals surface area contributed by atoms with Gasteiger partial charge in [-0.25, -0.2) is 8.78 Å². The summed E-state index contributed by atoms with van der Waals surface area (Å²) in [5.74, 6) is 0.234. The molecule has 0 fully saturated rings. The average Bonchev–Trinajstić information content (AvgIpc) is 2.49. The lowest BCUT2D eigenvalue weighted by Crippen LogP contribution is -2.26. The summed E-state index contributed by atoms with van der Waals surface area (Å²) in [6.45, 7) is 0. The molecule has 1 unspecified atom stereocenters. The van der Waals surface area contributed by atoms with Crippen LogP contribution in [-0.4, -0.2) is 18.9 Å². The van der Waals surface area contributed by atoms with E-state index in [1.165, 1.54) is 31.0 Å². The van der Waals surface area contributed by atoms with E-state index in [1.807, 2.05) is 0 Å². The monoisotopic (exact) mass is 309 g/mol. The molecule has 0 aliphatic heterocycles. The third kappa shape index (κ3) is 4.44. The Kier molecular flexibility index (Phi) is 5.59. The van der Waals surface area contributed by atoms with Gasteiger partial charge in [-0.2, -0.15) is 0 Å². The van der Waals surface area contributed by atoms with Gasteiger partial charge in [0, 0.05) is 16.7 Å². The lowest BCUT2D eigenvalue weighted by atomic mass is 10.1. The van der Waals surface area contributed by atoms with Crippen molar-refractivity contribution >= 4 is 11.8 Å². The van der Waals surface area contributed by atoms with Crippen LogP contribution in [0.1, 0.15) is 5.56 Å². The van der Waals surface area contributed by atoms with Crippen LogP contribution in [0.3, 0.4) is 0 Å². The molecule has 5 heteroatoms. The predicted molar refractivity (Wildman–Crippen MR) is 81.8 cm³/mol. The summed E-state index contributed by atoms with van der Waals surface area (Å²) in [4.78, 5) is 0.943. The van der Waals surface area contributed by atoms with Gasteiger partial charge in [0.25, 0.3) is 0 Å². The van der Waals surface area contributed by atoms with E-state index in [9.17, 15) is 8.78 Å². The summed E-state index contributed by atoms with van der Waals surface area (Å²) >= 11 is 1.53. The van der Waals surface area contributed by atoms with Crippen LogP contribution in [0.25, 0.3) is 0 Å². The highest BCUT2D eigenvalue weighted by Gasteiger charge is 2.12. The second-order valence-corrected chi connectivity index (χ2v) is 5.76. The van der Waals surface area contributed by atoms with Crippen molar-refractivity contribution in [2.24, 2.45) is 5.73 Å². The van der Waals surface area contributed by atoms with Crippen LogP contribution in [0, 0.1) is 11.6 Å². The standard InChI is InChI=1S/C16H17F2NOS/c1-20-15-4-2-3-11(16(15)18)9-13(19)10-21-14-7-5-12(17)6-8-14/h2-8,13H,9-10,19H2,1H3. The van der Waals surface area contributed by atoms with Crippen molar-refractivity contribution in [3.8, 4) is 5.75 Å². The summed E-state index contributed by atoms with van der Waals surface area (Å²) < 4.78 is 31.8. The number of halogens is 2. The Morgan fingerprint density at radius 3 is 2.52 bits per heavy atom. The Morgan fingerprint density at radius 2 is 1.86 bits per heavy atom. The SMILES string of the molecule is COc1cccc(CC(N)CSc2ccc(F)cc2)c1F. The van der Waals surface area contributed by atoms with Crippen LogP contribution in [0.4, 0.5) is 8.78 Å². The molecule has 0 aliphatic rings. The number of rotatable bonds is 6. The van der Waals surface area contributed by atoms with Gasteiger partial charge in [-0.05, 0) is 42.3 Å². The second kappa shape index (κ2) is 7.43. The molecule has 0 radical (unpaired) electrons. The highest BCUT2D eigenvalue weighted by molar-refractivity contribution is 7.99. The maximum absolute atomic E-state index is 14.0. The molecular formula is C16H17F2NOS. The summed E-state index contributed by atoms with van der Waals surface area (Å²) in [6, 6.07) is 11.1. The van der Waals surface area contributed by atoms with Gasteiger partial charge in [0.1, 0.15) is 5.82 Å². The Balaban J connectivity index is 1.92. The van der Waals surface area contributed by atoms with E-state index in [0.29, 0.717) is 17.7 Å². The molecule has 1 atom stereocenters. The predicted octanol–water partition coefficient (Wildman–Crippen LogP) is 3.64. The summed E-state index contributed by atoms with van der Waals surface area (Å²) in [6.07, 6.45) is 0.428. The van der Waals surface area contributed by atoms with Crippen molar-refractivity contribution in [1.29, 1.82) is 0 Å². The fraction of sp³-hybridized carbons (Fsp3) is 0.250. The number of hydrogen-bond donors (Lipinski definition) is 1. The van der Waals surface area contributed by atoms with E-state index in [0.717, 1.165) is 4.90 Å². The van der Waals surface area contributed by atoms with E-state index in [2.05, 4.69) is 0 Å². The minimum Gasteiger partial charge on any atom is -0.494 e. The number of benzene rings is 2. The molecular weight excluding hydrogens is 292 g/mol. The zero-order valence-electron chi connectivity index (χ0n) is 11.7. The van der Waals surface area contributed by atoms with Crippen LogP contribution in [-0.2, 0) is 6.42 Å². The van der Waals surface area contributed by atoms with E-state index in [4.69, 9.17) is 10.5 Å². The molecule has 2 aromatic carbocycles. The highest BCUT2D eigenvalue weighted by Crippen LogP contribution is 2.23. The molecule has 0 amide bonds. The van der Waals surface area contributed by atoms with Crippen molar-refractivity contribution in [1.82, 2.24) is 0 Å². The van der Waals surface area contributed by atoms with Gasteiger partial charge >= 0.3 is 0 Å². The van der Waals surface area contributed by atoms with E-state index >= 15 is 0 Å². The van der Waals surface area contributed by atoms with E-state index in [1.54, 1.807) is 30.3 Å². The van der Waals surface area contributed by atoms with Crippen LogP contribution in [0.5, 0.6) is 5.75 Å². The maximum atomic E-state index is 14.0. The number of hydrogen-bond acceptors (Lipinski definition) is 3. The fourth-order valence-corrected chi connectivity index (χ4v) is 2.80. The Bertz CT molecular complexity index is 589. The number of nitrogens with two attached hydrogens (primary N) is 1. The number of ether oxygens (including phenoxy) is 1. The third-order valence-electron chi connectivity index (χ3n) is 3.02. The first kappa shape index (κ1) is 15.8. The Morgan fingerprint density at radius 1 is 1.14 bits per heavy atom. The molecule has 0 aromatic heterocycles. The largest absolute Gasteiger partial charge is 0.494 e. The lowest BCUT2D eigenvalue weighted by Gasteiger charge is -2.13. The van der Waals surface area contributed by atoms with Gasteiger partial charge in [0.2, 0.25) is 0 Å². The second-order valence-electron chi connectivity index (χ2n) is 4.66. The van der Waals surface area contributed by atoms with Gasteiger partial charge in [-0.15, -0.1) is 11.8 Å². The van der Waals surface area contributed by atoms with Crippen molar-refractivity contribution in [2.45, 2.75) is 17.4 Å². The smallest absolute Gasteiger partial charge is 0.168 e. The molecule has 0 bridgehead atoms. The average molecular weight is 309 g/mol. The molecule has 0 saturated heterocycles. The van der Waals surface area contributed by atoms with Gasteiger partial charge in [-0.1, -0.05) is 12.1 Å². The van der Waals surface area contributed by atoms with Crippen LogP contribution in [0.2, 0.25) is 0 Å². The summed E-state index contributed by atoms with van der Waals surface area (Å²) in [7, 11) is 1.44. The van der Waals surface area contributed by atoms with Crippen LogP contribution >= 0.6 is 11.8 Å². The molecule has 2 rings (SSSR count). The fourth-order valence-electron chi connectivity index (χ4n) is 1.95. The van der Waals surface area contributed by atoms with Gasteiger partial charge in [0.15, 0.2) is 11.6 Å². The molecule has 2 aromatic rings. The van der Waals surface area contributed by atoms with Gasteiger partial charge < -0.3 is 10.5 Å².